The number of likely N-dealkylation sites (tertiary alicyclic amines) is 1. The third-order valence-corrected chi connectivity index (χ3v) is 5.39. The van der Waals surface area contributed by atoms with E-state index < -0.39 is 0 Å². The number of hydrogen-bond acceptors (Lipinski definition) is 2. The van der Waals surface area contributed by atoms with E-state index in [1.165, 1.54) is 6.07 Å². The van der Waals surface area contributed by atoms with Gasteiger partial charge in [0.1, 0.15) is 5.82 Å². The van der Waals surface area contributed by atoms with Gasteiger partial charge < -0.3 is 10.6 Å². The van der Waals surface area contributed by atoms with Crippen LogP contribution < -0.4 is 10.6 Å². The molecule has 1 saturated heterocycles. The van der Waals surface area contributed by atoms with Crippen molar-refractivity contribution < 1.29 is 9.18 Å². The third-order valence-electron chi connectivity index (χ3n) is 5.03. The van der Waals surface area contributed by atoms with Crippen LogP contribution in [-0.4, -0.2) is 30.6 Å². The van der Waals surface area contributed by atoms with Crippen molar-refractivity contribution >= 4 is 23.3 Å². The maximum atomic E-state index is 13.3. The van der Waals surface area contributed by atoms with E-state index in [0.29, 0.717) is 23.7 Å². The Labute approximate surface area is 164 Å². The van der Waals surface area contributed by atoms with Gasteiger partial charge in [-0.05, 0) is 74.2 Å². The van der Waals surface area contributed by atoms with E-state index in [1.807, 2.05) is 18.2 Å². The number of nitrogens with one attached hydrogen (secondary N) is 2. The molecule has 1 heterocycles. The quantitative estimate of drug-likeness (QED) is 0.769. The number of carbonyl (C=O) groups is 1. The number of benzene rings is 2. The number of rotatable bonds is 5. The third kappa shape index (κ3) is 5.68. The summed E-state index contributed by atoms with van der Waals surface area (Å²) in [5, 5.41) is 6.49. The molecule has 1 aliphatic rings. The molecule has 0 atom stereocenters. The second-order valence-corrected chi connectivity index (χ2v) is 7.52. The fourth-order valence-corrected chi connectivity index (χ4v) is 3.55. The highest BCUT2D eigenvalue weighted by atomic mass is 35.5. The Balaban J connectivity index is 1.39. The van der Waals surface area contributed by atoms with Crippen molar-refractivity contribution in [3.05, 3.63) is 64.4 Å². The van der Waals surface area contributed by atoms with Crippen molar-refractivity contribution in [1.82, 2.24) is 10.2 Å². The second-order valence-electron chi connectivity index (χ2n) is 7.11. The topological polar surface area (TPSA) is 44.4 Å². The molecule has 6 heteroatoms. The predicted molar refractivity (Wildman–Crippen MR) is 108 cm³/mol. The molecule has 4 nitrogen and oxygen atoms in total. The van der Waals surface area contributed by atoms with Gasteiger partial charge in [0.05, 0.1) is 0 Å². The molecule has 2 aromatic carbocycles. The second kappa shape index (κ2) is 9.20. The first-order chi connectivity index (χ1) is 13.0. The number of aryl methyl sites for hydroxylation is 1. The summed E-state index contributed by atoms with van der Waals surface area (Å²) in [7, 11) is 0. The lowest BCUT2D eigenvalue weighted by atomic mass is 9.96. The Bertz CT molecular complexity index is 791. The predicted octanol–water partition coefficient (Wildman–Crippen LogP) is 4.82. The highest BCUT2D eigenvalue weighted by Gasteiger charge is 2.20. The van der Waals surface area contributed by atoms with Crippen LogP contribution in [0.3, 0.4) is 0 Å². The maximum Gasteiger partial charge on any atom is 0.319 e. The highest BCUT2D eigenvalue weighted by molar-refractivity contribution is 6.31. The number of amides is 2. The molecule has 0 saturated carbocycles. The van der Waals surface area contributed by atoms with E-state index in [1.54, 1.807) is 19.1 Å². The van der Waals surface area contributed by atoms with E-state index in [0.717, 1.165) is 43.1 Å². The summed E-state index contributed by atoms with van der Waals surface area (Å²) >= 11 is 6.24. The van der Waals surface area contributed by atoms with Gasteiger partial charge in [0.2, 0.25) is 0 Å². The monoisotopic (exact) mass is 389 g/mol. The SMILES string of the molecule is Cc1cc(NC(=O)NCC2CCN(Cc3ccccc3Cl)CC2)ccc1F. The lowest BCUT2D eigenvalue weighted by molar-refractivity contribution is 0.176. The summed E-state index contributed by atoms with van der Waals surface area (Å²) in [4.78, 5) is 14.5. The molecule has 0 aromatic heterocycles. The molecule has 0 unspecified atom stereocenters. The Kier molecular flexibility index (Phi) is 6.69. The average Bonchev–Trinajstić information content (AvgIpc) is 2.66. The first-order valence-electron chi connectivity index (χ1n) is 9.28. The molecule has 144 valence electrons. The van der Waals surface area contributed by atoms with Gasteiger partial charge in [0, 0.05) is 23.8 Å². The molecule has 27 heavy (non-hydrogen) atoms. The fourth-order valence-electron chi connectivity index (χ4n) is 3.35. The lowest BCUT2D eigenvalue weighted by Gasteiger charge is -2.32. The summed E-state index contributed by atoms with van der Waals surface area (Å²) in [5.74, 6) is 0.192. The largest absolute Gasteiger partial charge is 0.338 e. The van der Waals surface area contributed by atoms with Crippen LogP contribution in [0.2, 0.25) is 5.02 Å². The van der Waals surface area contributed by atoms with Gasteiger partial charge >= 0.3 is 6.03 Å². The van der Waals surface area contributed by atoms with Crippen LogP contribution >= 0.6 is 11.6 Å². The summed E-state index contributed by atoms with van der Waals surface area (Å²) in [6.45, 7) is 5.18. The van der Waals surface area contributed by atoms with Crippen LogP contribution in [0.25, 0.3) is 0 Å². The smallest absolute Gasteiger partial charge is 0.319 e. The molecule has 1 fully saturated rings. The van der Waals surface area contributed by atoms with Crippen LogP contribution in [0.1, 0.15) is 24.0 Å². The molecule has 3 rings (SSSR count). The molecule has 1 aliphatic heterocycles. The number of urea groups is 1. The minimum atomic E-state index is -0.274. The molecule has 0 aliphatic carbocycles. The van der Waals surface area contributed by atoms with E-state index >= 15 is 0 Å². The standard InChI is InChI=1S/C21H25ClFN3O/c1-15-12-18(6-7-20(15)23)25-21(27)24-13-16-8-10-26(11-9-16)14-17-4-2-3-5-19(17)22/h2-7,12,16H,8-11,13-14H2,1H3,(H2,24,25,27). The fraction of sp³-hybridized carbons (Fsp3) is 0.381. The van der Waals surface area contributed by atoms with Gasteiger partial charge in [-0.1, -0.05) is 29.8 Å². The van der Waals surface area contributed by atoms with Gasteiger partial charge in [-0.2, -0.15) is 0 Å². The highest BCUT2D eigenvalue weighted by Crippen LogP contribution is 2.22. The van der Waals surface area contributed by atoms with Crippen LogP contribution in [0.5, 0.6) is 0 Å². The molecule has 0 radical (unpaired) electrons. The number of hydrogen-bond donors (Lipinski definition) is 2. The van der Waals surface area contributed by atoms with Crippen LogP contribution in [0.4, 0.5) is 14.9 Å². The Morgan fingerprint density at radius 3 is 2.67 bits per heavy atom. The molecular weight excluding hydrogens is 365 g/mol. The van der Waals surface area contributed by atoms with Crippen molar-refractivity contribution in [3.63, 3.8) is 0 Å². The first kappa shape index (κ1) is 19.6. The average molecular weight is 390 g/mol. The minimum Gasteiger partial charge on any atom is -0.338 e. The van der Waals surface area contributed by atoms with E-state index in [-0.39, 0.29) is 11.8 Å². The summed E-state index contributed by atoms with van der Waals surface area (Å²) in [5.41, 5.74) is 2.27. The van der Waals surface area contributed by atoms with Gasteiger partial charge in [-0.3, -0.25) is 4.90 Å². The zero-order valence-corrected chi connectivity index (χ0v) is 16.2. The number of halogens is 2. The Morgan fingerprint density at radius 1 is 1.22 bits per heavy atom. The van der Waals surface area contributed by atoms with Crippen molar-refractivity contribution in [2.45, 2.75) is 26.3 Å². The molecule has 0 bridgehead atoms. The zero-order chi connectivity index (χ0) is 19.2. The molecular formula is C21H25ClFN3O. The molecule has 2 amide bonds. The number of carbonyl (C=O) groups excluding carboxylic acids is 1. The van der Waals surface area contributed by atoms with Gasteiger partial charge in [0.15, 0.2) is 0 Å². The number of anilines is 1. The minimum absolute atomic E-state index is 0.250. The van der Waals surface area contributed by atoms with Gasteiger partial charge in [0.25, 0.3) is 0 Å². The van der Waals surface area contributed by atoms with E-state index in [4.69, 9.17) is 11.6 Å². The molecule has 2 N–H and O–H groups in total. The Hall–Kier alpha value is -2.11. The van der Waals surface area contributed by atoms with Gasteiger partial charge in [-0.25, -0.2) is 9.18 Å². The van der Waals surface area contributed by atoms with E-state index in [2.05, 4.69) is 21.6 Å². The zero-order valence-electron chi connectivity index (χ0n) is 15.5. The van der Waals surface area contributed by atoms with Crippen molar-refractivity contribution in [2.75, 3.05) is 25.0 Å². The van der Waals surface area contributed by atoms with Gasteiger partial charge in [-0.15, -0.1) is 0 Å². The number of nitrogens with zero attached hydrogens (tertiary/aromatic N) is 1. The normalized spacial score (nSPS) is 15.5. The van der Waals surface area contributed by atoms with E-state index in [9.17, 15) is 9.18 Å². The van der Waals surface area contributed by atoms with Crippen LogP contribution in [0.15, 0.2) is 42.5 Å². The van der Waals surface area contributed by atoms with Crippen LogP contribution in [-0.2, 0) is 6.54 Å². The van der Waals surface area contributed by atoms with Crippen molar-refractivity contribution in [3.8, 4) is 0 Å². The first-order valence-corrected chi connectivity index (χ1v) is 9.66. The Morgan fingerprint density at radius 2 is 1.96 bits per heavy atom. The lowest BCUT2D eigenvalue weighted by Crippen LogP contribution is -2.39. The van der Waals surface area contributed by atoms with Crippen LogP contribution in [0, 0.1) is 18.7 Å². The summed E-state index contributed by atoms with van der Waals surface area (Å²) < 4.78 is 13.3. The molecule has 0 spiro atoms. The number of piperidine rings is 1. The summed E-state index contributed by atoms with van der Waals surface area (Å²) in [6.07, 6.45) is 2.08. The van der Waals surface area contributed by atoms with Crippen molar-refractivity contribution in [1.29, 1.82) is 0 Å². The van der Waals surface area contributed by atoms with Crippen molar-refractivity contribution in [2.24, 2.45) is 5.92 Å². The molecule has 2 aromatic rings. The summed E-state index contributed by atoms with van der Waals surface area (Å²) in [6, 6.07) is 12.3. The maximum absolute atomic E-state index is 13.3.